The molecule has 0 aliphatic heterocycles. The van der Waals surface area contributed by atoms with Crippen molar-refractivity contribution in [3.05, 3.63) is 65.9 Å². The summed E-state index contributed by atoms with van der Waals surface area (Å²) in [5.74, 6) is -0.979. The Bertz CT molecular complexity index is 886. The summed E-state index contributed by atoms with van der Waals surface area (Å²) >= 11 is 1.27. The van der Waals surface area contributed by atoms with Crippen LogP contribution in [0.4, 0.5) is 16.5 Å². The van der Waals surface area contributed by atoms with Gasteiger partial charge in [-0.3, -0.25) is 20.1 Å². The topological polar surface area (TPSA) is 107 Å². The van der Waals surface area contributed by atoms with Gasteiger partial charge in [-0.2, -0.15) is 0 Å². The highest BCUT2D eigenvalue weighted by atomic mass is 32.1. The number of rotatable bonds is 6. The van der Waals surface area contributed by atoms with Gasteiger partial charge in [0.15, 0.2) is 10.8 Å². The van der Waals surface area contributed by atoms with Gasteiger partial charge in [0.1, 0.15) is 6.54 Å². The zero-order chi connectivity index (χ0) is 18.4. The largest absolute Gasteiger partial charge is 0.322 e. The van der Waals surface area contributed by atoms with Gasteiger partial charge in [0.05, 0.1) is 11.4 Å². The van der Waals surface area contributed by atoms with Crippen molar-refractivity contribution in [1.29, 1.82) is 0 Å². The van der Waals surface area contributed by atoms with Crippen LogP contribution in [0.25, 0.3) is 0 Å². The van der Waals surface area contributed by atoms with E-state index in [-0.39, 0.29) is 17.9 Å². The number of thiazole rings is 1. The van der Waals surface area contributed by atoms with Gasteiger partial charge in [-0.1, -0.05) is 18.2 Å². The first-order valence-corrected chi connectivity index (χ1v) is 8.48. The van der Waals surface area contributed by atoms with Crippen molar-refractivity contribution in [3.8, 4) is 0 Å². The molecule has 3 rings (SSSR count). The first-order valence-electron chi connectivity index (χ1n) is 7.60. The van der Waals surface area contributed by atoms with Gasteiger partial charge in [-0.25, -0.2) is 15.0 Å². The molecule has 0 bridgehead atoms. The summed E-state index contributed by atoms with van der Waals surface area (Å²) in [6.45, 7) is -0.299. The molecule has 3 aromatic rings. The van der Waals surface area contributed by atoms with Crippen LogP contribution in [0.1, 0.15) is 10.5 Å². The van der Waals surface area contributed by atoms with Crippen LogP contribution in [0, 0.1) is 0 Å². The molecule has 0 aliphatic rings. The summed E-state index contributed by atoms with van der Waals surface area (Å²) in [6.07, 6.45) is 3.02. The van der Waals surface area contributed by atoms with Crippen LogP contribution in [-0.4, -0.2) is 33.5 Å². The lowest BCUT2D eigenvalue weighted by molar-refractivity contribution is -0.115. The van der Waals surface area contributed by atoms with Gasteiger partial charge >= 0.3 is 0 Å². The molecule has 2 aromatic heterocycles. The minimum absolute atomic E-state index is 0.0558. The number of nitrogens with one attached hydrogen (secondary N) is 2. The maximum atomic E-state index is 12.3. The van der Waals surface area contributed by atoms with Crippen LogP contribution in [0.15, 0.2) is 60.2 Å². The van der Waals surface area contributed by atoms with Crippen molar-refractivity contribution in [1.82, 2.24) is 9.97 Å². The lowest BCUT2D eigenvalue weighted by Gasteiger charge is -2.17. The Balaban J connectivity index is 1.68. The fourth-order valence-corrected chi connectivity index (χ4v) is 2.67. The second-order valence-electron chi connectivity index (χ2n) is 5.13. The van der Waals surface area contributed by atoms with E-state index in [0.29, 0.717) is 10.8 Å². The number of hydroxylamine groups is 1. The quantitative estimate of drug-likeness (QED) is 0.577. The molecular weight excluding hydrogens is 354 g/mol. The second-order valence-corrected chi connectivity index (χ2v) is 6.03. The van der Waals surface area contributed by atoms with E-state index in [1.807, 2.05) is 0 Å². The van der Waals surface area contributed by atoms with E-state index >= 15 is 0 Å². The molecule has 0 saturated carbocycles. The Hall–Kier alpha value is -3.30. The van der Waals surface area contributed by atoms with Gasteiger partial charge < -0.3 is 5.32 Å². The predicted molar refractivity (Wildman–Crippen MR) is 98.5 cm³/mol. The molecule has 0 saturated heterocycles. The molecule has 2 amide bonds. The van der Waals surface area contributed by atoms with Gasteiger partial charge in [0.2, 0.25) is 5.91 Å². The third-order valence-electron chi connectivity index (χ3n) is 3.30. The maximum Gasteiger partial charge on any atom is 0.278 e. The number of pyridine rings is 1. The lowest BCUT2D eigenvalue weighted by atomic mass is 10.2. The molecule has 132 valence electrons. The van der Waals surface area contributed by atoms with E-state index in [1.165, 1.54) is 17.5 Å². The minimum Gasteiger partial charge on any atom is -0.322 e. The van der Waals surface area contributed by atoms with Crippen molar-refractivity contribution >= 4 is 39.7 Å². The van der Waals surface area contributed by atoms with Crippen LogP contribution in [0.5, 0.6) is 0 Å². The number of benzene rings is 1. The maximum absolute atomic E-state index is 12.3. The highest BCUT2D eigenvalue weighted by Gasteiger charge is 2.17. The highest BCUT2D eigenvalue weighted by molar-refractivity contribution is 7.13. The van der Waals surface area contributed by atoms with E-state index in [9.17, 15) is 14.8 Å². The van der Waals surface area contributed by atoms with Crippen LogP contribution >= 0.6 is 11.3 Å². The molecule has 0 unspecified atom stereocenters. The molecule has 0 fully saturated rings. The van der Waals surface area contributed by atoms with Crippen molar-refractivity contribution < 1.29 is 14.8 Å². The van der Waals surface area contributed by atoms with Crippen LogP contribution in [0.2, 0.25) is 0 Å². The number of nitrogens with zero attached hydrogens (tertiary/aromatic N) is 3. The summed E-state index contributed by atoms with van der Waals surface area (Å²) < 4.78 is 0. The van der Waals surface area contributed by atoms with Gasteiger partial charge in [0.25, 0.3) is 5.91 Å². The number of anilines is 3. The first-order chi connectivity index (χ1) is 12.6. The van der Waals surface area contributed by atoms with E-state index < -0.39 is 11.8 Å². The standard InChI is InChI=1S/C17H15N5O3S/c23-14(11-22(25)12-5-2-1-3-6-12)20-13-7-4-8-18-15(13)16(24)21-17-19-9-10-26-17/h1-10,25H,11H2,(H,20,23)(H,19,21,24). The van der Waals surface area contributed by atoms with Gasteiger partial charge in [-0.15, -0.1) is 11.3 Å². The minimum atomic E-state index is -0.493. The molecule has 1 aromatic carbocycles. The normalized spacial score (nSPS) is 10.2. The Labute approximate surface area is 153 Å². The monoisotopic (exact) mass is 369 g/mol. The number of amides is 2. The highest BCUT2D eigenvalue weighted by Crippen LogP contribution is 2.17. The Morgan fingerprint density at radius 2 is 1.85 bits per heavy atom. The molecule has 9 heteroatoms. The van der Waals surface area contributed by atoms with Crippen LogP contribution in [-0.2, 0) is 4.79 Å². The van der Waals surface area contributed by atoms with E-state index in [4.69, 9.17) is 0 Å². The molecule has 2 heterocycles. The Morgan fingerprint density at radius 1 is 1.04 bits per heavy atom. The second kappa shape index (κ2) is 8.19. The fourth-order valence-electron chi connectivity index (χ4n) is 2.15. The molecular formula is C17H15N5O3S. The van der Waals surface area contributed by atoms with Crippen LogP contribution < -0.4 is 15.7 Å². The third kappa shape index (κ3) is 4.41. The average Bonchev–Trinajstić information content (AvgIpc) is 3.15. The zero-order valence-corrected chi connectivity index (χ0v) is 14.3. The smallest absolute Gasteiger partial charge is 0.278 e. The number of para-hydroxylation sites is 1. The van der Waals surface area contributed by atoms with E-state index in [2.05, 4.69) is 20.6 Å². The van der Waals surface area contributed by atoms with Crippen molar-refractivity contribution in [2.45, 2.75) is 0 Å². The number of hydrogen-bond acceptors (Lipinski definition) is 7. The number of carbonyl (C=O) groups excluding carboxylic acids is 2. The summed E-state index contributed by atoms with van der Waals surface area (Å²) in [7, 11) is 0. The van der Waals surface area contributed by atoms with Gasteiger partial charge in [0, 0.05) is 17.8 Å². The molecule has 0 aliphatic carbocycles. The summed E-state index contributed by atoms with van der Waals surface area (Å²) in [6, 6.07) is 11.8. The molecule has 0 atom stereocenters. The number of aromatic nitrogens is 2. The van der Waals surface area contributed by atoms with Crippen molar-refractivity contribution in [2.24, 2.45) is 0 Å². The van der Waals surface area contributed by atoms with Crippen LogP contribution in [0.3, 0.4) is 0 Å². The van der Waals surface area contributed by atoms with E-state index in [1.54, 1.807) is 54.0 Å². The molecule has 26 heavy (non-hydrogen) atoms. The Kier molecular flexibility index (Phi) is 5.52. The zero-order valence-electron chi connectivity index (χ0n) is 13.5. The van der Waals surface area contributed by atoms with E-state index in [0.717, 1.165) is 5.06 Å². The van der Waals surface area contributed by atoms with Crippen molar-refractivity contribution in [2.75, 3.05) is 22.2 Å². The third-order valence-corrected chi connectivity index (χ3v) is 3.99. The number of hydrogen-bond donors (Lipinski definition) is 3. The number of carbonyl (C=O) groups is 2. The summed E-state index contributed by atoms with van der Waals surface area (Å²) in [4.78, 5) is 32.5. The Morgan fingerprint density at radius 3 is 2.58 bits per heavy atom. The van der Waals surface area contributed by atoms with Gasteiger partial charge in [-0.05, 0) is 24.3 Å². The molecule has 0 radical (unpaired) electrons. The molecule has 8 nitrogen and oxygen atoms in total. The lowest BCUT2D eigenvalue weighted by Crippen LogP contribution is -2.31. The summed E-state index contributed by atoms with van der Waals surface area (Å²) in [5, 5.41) is 18.2. The summed E-state index contributed by atoms with van der Waals surface area (Å²) in [5.41, 5.74) is 0.781. The molecule has 3 N–H and O–H groups in total. The first kappa shape index (κ1) is 17.5. The average molecular weight is 369 g/mol. The SMILES string of the molecule is O=C(CN(O)c1ccccc1)Nc1cccnc1C(=O)Nc1nccs1. The van der Waals surface area contributed by atoms with Crippen molar-refractivity contribution in [3.63, 3.8) is 0 Å². The fraction of sp³-hybridized carbons (Fsp3) is 0.0588. The molecule has 0 spiro atoms. The predicted octanol–water partition coefficient (Wildman–Crippen LogP) is 2.62.